The first-order valence-electron chi connectivity index (χ1n) is 15.1. The Morgan fingerprint density at radius 2 is 1.00 bits per heavy atom. The first-order valence-corrected chi connectivity index (χ1v) is 15.1. The van der Waals surface area contributed by atoms with E-state index in [1.54, 1.807) is 0 Å². The molecule has 2 heterocycles. The summed E-state index contributed by atoms with van der Waals surface area (Å²) >= 11 is 0. The number of nitrogens with zero attached hydrogens (tertiary/aromatic N) is 2. The van der Waals surface area contributed by atoms with Crippen molar-refractivity contribution in [3.8, 4) is 0 Å². The van der Waals surface area contributed by atoms with E-state index in [0.717, 1.165) is 11.1 Å². The van der Waals surface area contributed by atoms with Gasteiger partial charge in [0.05, 0.1) is 12.2 Å². The number of rotatable bonds is 14. The Labute approximate surface area is 248 Å². The van der Waals surface area contributed by atoms with Crippen LogP contribution < -0.4 is 0 Å². The molecule has 2 aliphatic rings. The van der Waals surface area contributed by atoms with E-state index < -0.39 is 11.9 Å². The number of carbonyl (C=O) groups is 2. The van der Waals surface area contributed by atoms with Gasteiger partial charge in [-0.3, -0.25) is 0 Å². The lowest BCUT2D eigenvalue weighted by atomic mass is 10.1. The Bertz CT molecular complexity index is 971. The van der Waals surface area contributed by atoms with Crippen LogP contribution in [0.25, 0.3) is 0 Å². The van der Waals surface area contributed by atoms with Gasteiger partial charge in [0, 0.05) is 52.2 Å². The summed E-state index contributed by atoms with van der Waals surface area (Å²) in [6, 6.07) is 20.2. The summed E-state index contributed by atoms with van der Waals surface area (Å²) in [7, 11) is 0. The molecule has 4 rings (SSSR count). The molecule has 2 saturated heterocycles. The Morgan fingerprint density at radius 1 is 0.643 bits per heavy atom. The maximum Gasteiger partial charge on any atom is 0.438 e. The molecule has 0 N–H and O–H groups in total. The molecular weight excluding hydrogens is 540 g/mol. The third-order valence-electron chi connectivity index (χ3n) is 7.28. The van der Waals surface area contributed by atoms with Crippen molar-refractivity contribution in [1.29, 1.82) is 0 Å². The van der Waals surface area contributed by atoms with Crippen molar-refractivity contribution >= 4 is 11.9 Å². The van der Waals surface area contributed by atoms with E-state index in [9.17, 15) is 9.59 Å². The molecular formula is C32H44N2O8. The van der Waals surface area contributed by atoms with Gasteiger partial charge in [-0.05, 0) is 50.7 Å². The van der Waals surface area contributed by atoms with Gasteiger partial charge in [0.25, 0.3) is 0 Å². The average Bonchev–Trinajstić information content (AvgIpc) is 3.00. The molecule has 0 amide bonds. The van der Waals surface area contributed by atoms with Crippen LogP contribution in [0.3, 0.4) is 0 Å². The van der Waals surface area contributed by atoms with E-state index in [0.29, 0.717) is 77.9 Å². The summed E-state index contributed by atoms with van der Waals surface area (Å²) < 4.78 is 24.0. The largest absolute Gasteiger partial charge is 0.438 e. The molecule has 2 fully saturated rings. The first-order chi connectivity index (χ1) is 20.5. The fraction of sp³-hybridized carbons (Fsp3) is 0.562. The quantitative estimate of drug-likeness (QED) is 0.239. The summed E-state index contributed by atoms with van der Waals surface area (Å²) in [5.74, 6) is -2.05. The predicted octanol–water partition coefficient (Wildman–Crippen LogP) is 4.08. The SMILES string of the molecule is CCOC(Cc1ccccc1)OC1CCN(OC(=O)C(=O)ON2CCC(OC(Cc3ccccc3)OCC)CC2)CC1. The predicted molar refractivity (Wildman–Crippen MR) is 155 cm³/mol. The molecule has 42 heavy (non-hydrogen) atoms. The fourth-order valence-corrected chi connectivity index (χ4v) is 5.13. The fourth-order valence-electron chi connectivity index (χ4n) is 5.13. The van der Waals surface area contributed by atoms with Gasteiger partial charge < -0.3 is 28.6 Å². The van der Waals surface area contributed by atoms with Crippen molar-refractivity contribution in [3.63, 3.8) is 0 Å². The van der Waals surface area contributed by atoms with Gasteiger partial charge in [-0.25, -0.2) is 9.59 Å². The van der Waals surface area contributed by atoms with E-state index >= 15 is 0 Å². The lowest BCUT2D eigenvalue weighted by molar-refractivity contribution is -0.235. The standard InChI is InChI=1S/C32H44N2O8/c1-3-37-29(23-25-11-7-5-8-12-25)39-27-15-19-33(20-16-27)41-31(35)32(36)42-34-21-17-28(18-22-34)40-30(38-4-2)24-26-13-9-6-10-14-26/h5-14,27-30H,3-4,15-24H2,1-2H3. The van der Waals surface area contributed by atoms with E-state index in [1.165, 1.54) is 10.1 Å². The molecule has 0 bridgehead atoms. The number of hydrogen-bond acceptors (Lipinski definition) is 10. The lowest BCUT2D eigenvalue weighted by Crippen LogP contribution is -2.44. The lowest BCUT2D eigenvalue weighted by Gasteiger charge is -2.33. The monoisotopic (exact) mass is 584 g/mol. The van der Waals surface area contributed by atoms with Crippen molar-refractivity contribution in [1.82, 2.24) is 10.1 Å². The number of hydrogen-bond donors (Lipinski definition) is 0. The number of carbonyl (C=O) groups excluding carboxylic acids is 2. The first kappa shape index (κ1) is 32.1. The van der Waals surface area contributed by atoms with E-state index in [-0.39, 0.29) is 24.8 Å². The zero-order valence-corrected chi connectivity index (χ0v) is 24.7. The molecule has 10 heteroatoms. The van der Waals surface area contributed by atoms with Crippen molar-refractivity contribution in [3.05, 3.63) is 71.8 Å². The van der Waals surface area contributed by atoms with Gasteiger partial charge in [0.15, 0.2) is 12.6 Å². The summed E-state index contributed by atoms with van der Waals surface area (Å²) in [4.78, 5) is 35.5. The van der Waals surface area contributed by atoms with Crippen molar-refractivity contribution in [2.75, 3.05) is 39.4 Å². The Kier molecular flexibility index (Phi) is 13.2. The molecule has 0 saturated carbocycles. The average molecular weight is 585 g/mol. The van der Waals surface area contributed by atoms with Crippen molar-refractivity contribution in [2.24, 2.45) is 0 Å². The van der Waals surface area contributed by atoms with Gasteiger partial charge in [0.1, 0.15) is 0 Å². The highest BCUT2D eigenvalue weighted by Crippen LogP contribution is 2.20. The van der Waals surface area contributed by atoms with Crippen LogP contribution in [0, 0.1) is 0 Å². The minimum Gasteiger partial charge on any atom is -0.359 e. The third-order valence-corrected chi connectivity index (χ3v) is 7.28. The van der Waals surface area contributed by atoms with Crippen LogP contribution in [0.4, 0.5) is 0 Å². The molecule has 2 atom stereocenters. The van der Waals surface area contributed by atoms with Crippen LogP contribution >= 0.6 is 0 Å². The van der Waals surface area contributed by atoms with Gasteiger partial charge in [-0.15, -0.1) is 10.1 Å². The zero-order valence-electron chi connectivity index (χ0n) is 24.7. The molecule has 2 aromatic carbocycles. The topological polar surface area (TPSA) is 96.0 Å². The highest BCUT2D eigenvalue weighted by atomic mass is 16.8. The van der Waals surface area contributed by atoms with Crippen LogP contribution in [-0.2, 0) is 51.1 Å². The van der Waals surface area contributed by atoms with Gasteiger partial charge >= 0.3 is 11.9 Å². The maximum atomic E-state index is 12.4. The second-order valence-electron chi connectivity index (χ2n) is 10.4. The number of piperidine rings is 2. The molecule has 230 valence electrons. The van der Waals surface area contributed by atoms with Crippen LogP contribution in [0.2, 0.25) is 0 Å². The number of hydroxylamine groups is 4. The normalized spacial score (nSPS) is 18.8. The molecule has 0 radical (unpaired) electrons. The van der Waals surface area contributed by atoms with Crippen LogP contribution in [0.5, 0.6) is 0 Å². The summed E-state index contributed by atoms with van der Waals surface area (Å²) in [5.41, 5.74) is 2.30. The number of ether oxygens (including phenoxy) is 4. The Balaban J connectivity index is 1.13. The second kappa shape index (κ2) is 17.3. The molecule has 2 aromatic rings. The van der Waals surface area contributed by atoms with Gasteiger partial charge in [0.2, 0.25) is 0 Å². The minimum absolute atomic E-state index is 0.0225. The van der Waals surface area contributed by atoms with E-state index in [1.807, 2.05) is 50.2 Å². The second-order valence-corrected chi connectivity index (χ2v) is 10.4. The molecule has 10 nitrogen and oxygen atoms in total. The zero-order chi connectivity index (χ0) is 29.6. The minimum atomic E-state index is -1.02. The highest BCUT2D eigenvalue weighted by Gasteiger charge is 2.31. The van der Waals surface area contributed by atoms with Crippen molar-refractivity contribution in [2.45, 2.75) is 77.2 Å². The van der Waals surface area contributed by atoms with Crippen LogP contribution in [0.15, 0.2) is 60.7 Å². The van der Waals surface area contributed by atoms with E-state index in [2.05, 4.69) is 24.3 Å². The smallest absolute Gasteiger partial charge is 0.359 e. The van der Waals surface area contributed by atoms with Gasteiger partial charge in [-0.2, -0.15) is 0 Å². The van der Waals surface area contributed by atoms with Crippen LogP contribution in [-0.4, -0.2) is 86.2 Å². The van der Waals surface area contributed by atoms with E-state index in [4.69, 9.17) is 28.6 Å². The molecule has 2 unspecified atom stereocenters. The summed E-state index contributed by atoms with van der Waals surface area (Å²) in [6.07, 6.45) is 3.23. The number of benzene rings is 2. The molecule has 0 aromatic heterocycles. The molecule has 0 aliphatic carbocycles. The van der Waals surface area contributed by atoms with Crippen molar-refractivity contribution < 1.29 is 38.2 Å². The summed E-state index contributed by atoms with van der Waals surface area (Å²) in [6.45, 7) is 6.85. The third kappa shape index (κ3) is 10.8. The molecule has 2 aliphatic heterocycles. The summed E-state index contributed by atoms with van der Waals surface area (Å²) in [5, 5.41) is 2.99. The Morgan fingerprint density at radius 3 is 1.33 bits per heavy atom. The Hall–Kier alpha value is -2.86. The highest BCUT2D eigenvalue weighted by molar-refractivity contribution is 6.29. The molecule has 0 spiro atoms. The van der Waals surface area contributed by atoms with Gasteiger partial charge in [-0.1, -0.05) is 60.7 Å². The maximum absolute atomic E-state index is 12.4. The van der Waals surface area contributed by atoms with Crippen LogP contribution in [0.1, 0.15) is 50.7 Å².